The number of nitrogens with zero attached hydrogens (tertiary/aromatic N) is 1. The van der Waals surface area contributed by atoms with E-state index in [1.54, 1.807) is 6.92 Å². The molecular formula is C16H20N2O5. The molecule has 2 atom stereocenters. The highest BCUT2D eigenvalue weighted by atomic mass is 16.6. The number of nitro benzene ring substituents is 1. The molecule has 1 heterocycles. The second kappa shape index (κ2) is 6.36. The molecule has 1 saturated heterocycles. The van der Waals surface area contributed by atoms with Gasteiger partial charge in [0, 0.05) is 23.7 Å². The van der Waals surface area contributed by atoms with Crippen LogP contribution in [0.25, 0.3) is 0 Å². The van der Waals surface area contributed by atoms with Gasteiger partial charge in [0.05, 0.1) is 10.8 Å². The second-order valence-corrected chi connectivity index (χ2v) is 6.51. The molecule has 2 rings (SSSR count). The Balaban J connectivity index is 1.92. The summed E-state index contributed by atoms with van der Waals surface area (Å²) in [6.07, 6.45) is 1.02. The molecule has 23 heavy (non-hydrogen) atoms. The number of carbonyl (C=O) groups excluding carboxylic acids is 2. The van der Waals surface area contributed by atoms with Gasteiger partial charge in [-0.25, -0.2) is 0 Å². The lowest BCUT2D eigenvalue weighted by atomic mass is 9.89. The van der Waals surface area contributed by atoms with E-state index in [4.69, 9.17) is 4.74 Å². The molecule has 0 bridgehead atoms. The fraction of sp³-hybridized carbons (Fsp3) is 0.500. The van der Waals surface area contributed by atoms with Crippen LogP contribution in [0.1, 0.15) is 33.6 Å². The molecule has 1 aromatic rings. The minimum absolute atomic E-state index is 0.0352. The SMILES string of the molecule is C[C@H](C[C@H]1CC(C)(C)OC1=O)C(=O)Nc1ccc([N+](=O)[O-])cc1. The van der Waals surface area contributed by atoms with E-state index in [-0.39, 0.29) is 29.4 Å². The lowest BCUT2D eigenvalue weighted by Gasteiger charge is -2.16. The van der Waals surface area contributed by atoms with E-state index < -0.39 is 10.5 Å². The van der Waals surface area contributed by atoms with Gasteiger partial charge < -0.3 is 10.1 Å². The van der Waals surface area contributed by atoms with Gasteiger partial charge in [-0.05, 0) is 38.8 Å². The summed E-state index contributed by atoms with van der Waals surface area (Å²) in [4.78, 5) is 34.1. The molecule has 0 unspecified atom stereocenters. The van der Waals surface area contributed by atoms with Crippen LogP contribution in [0.4, 0.5) is 11.4 Å². The van der Waals surface area contributed by atoms with E-state index in [2.05, 4.69) is 5.32 Å². The molecule has 124 valence electrons. The number of anilines is 1. The molecule has 1 aromatic carbocycles. The maximum absolute atomic E-state index is 12.2. The molecule has 0 aliphatic carbocycles. The predicted octanol–water partition coefficient (Wildman–Crippen LogP) is 2.90. The molecule has 0 saturated carbocycles. The van der Waals surface area contributed by atoms with E-state index >= 15 is 0 Å². The first-order valence-electron chi connectivity index (χ1n) is 7.46. The minimum Gasteiger partial charge on any atom is -0.459 e. The predicted molar refractivity (Wildman–Crippen MR) is 83.8 cm³/mol. The fourth-order valence-electron chi connectivity index (χ4n) is 2.72. The van der Waals surface area contributed by atoms with Gasteiger partial charge in [-0.1, -0.05) is 6.92 Å². The number of rotatable bonds is 5. The molecule has 0 spiro atoms. The number of non-ortho nitro benzene ring substituents is 1. The Morgan fingerprint density at radius 1 is 1.43 bits per heavy atom. The lowest BCUT2D eigenvalue weighted by Crippen LogP contribution is -2.24. The molecule has 1 N–H and O–H groups in total. The Hall–Kier alpha value is -2.44. The summed E-state index contributed by atoms with van der Waals surface area (Å²) in [6, 6.07) is 5.62. The van der Waals surface area contributed by atoms with Gasteiger partial charge in [0.25, 0.3) is 5.69 Å². The maximum atomic E-state index is 12.2. The topological polar surface area (TPSA) is 98.5 Å². The van der Waals surface area contributed by atoms with E-state index in [0.717, 1.165) is 0 Å². The van der Waals surface area contributed by atoms with Crippen molar-refractivity contribution in [3.63, 3.8) is 0 Å². The van der Waals surface area contributed by atoms with Gasteiger partial charge in [0.2, 0.25) is 5.91 Å². The highest BCUT2D eigenvalue weighted by molar-refractivity contribution is 5.92. The van der Waals surface area contributed by atoms with Gasteiger partial charge in [-0.3, -0.25) is 19.7 Å². The summed E-state index contributed by atoms with van der Waals surface area (Å²) in [7, 11) is 0. The summed E-state index contributed by atoms with van der Waals surface area (Å²) in [5.74, 6) is -1.12. The fourth-order valence-corrected chi connectivity index (χ4v) is 2.72. The number of cyclic esters (lactones) is 1. The summed E-state index contributed by atoms with van der Waals surface area (Å²) < 4.78 is 5.26. The van der Waals surface area contributed by atoms with Crippen molar-refractivity contribution in [3.8, 4) is 0 Å². The van der Waals surface area contributed by atoms with Crippen molar-refractivity contribution in [2.75, 3.05) is 5.32 Å². The van der Waals surface area contributed by atoms with Crippen LogP contribution >= 0.6 is 0 Å². The first-order valence-corrected chi connectivity index (χ1v) is 7.46. The van der Waals surface area contributed by atoms with E-state index in [1.165, 1.54) is 24.3 Å². The zero-order valence-corrected chi connectivity index (χ0v) is 13.4. The van der Waals surface area contributed by atoms with Gasteiger partial charge in [0.1, 0.15) is 5.60 Å². The molecule has 1 amide bonds. The zero-order chi connectivity index (χ0) is 17.2. The summed E-state index contributed by atoms with van der Waals surface area (Å²) >= 11 is 0. The van der Waals surface area contributed by atoms with Crippen molar-refractivity contribution < 1.29 is 19.2 Å². The van der Waals surface area contributed by atoms with Crippen LogP contribution in [0.15, 0.2) is 24.3 Å². The van der Waals surface area contributed by atoms with Crippen molar-refractivity contribution >= 4 is 23.3 Å². The number of nitrogens with one attached hydrogen (secondary N) is 1. The van der Waals surface area contributed by atoms with Gasteiger partial charge >= 0.3 is 5.97 Å². The number of nitro groups is 1. The van der Waals surface area contributed by atoms with Crippen molar-refractivity contribution in [1.82, 2.24) is 0 Å². The van der Waals surface area contributed by atoms with Crippen LogP contribution in [0.3, 0.4) is 0 Å². The Morgan fingerprint density at radius 3 is 2.52 bits per heavy atom. The molecule has 0 radical (unpaired) electrons. The number of ether oxygens (including phenoxy) is 1. The minimum atomic E-state index is -0.498. The second-order valence-electron chi connectivity index (χ2n) is 6.51. The summed E-state index contributed by atoms with van der Waals surface area (Å²) in [6.45, 7) is 5.46. The van der Waals surface area contributed by atoms with Crippen LogP contribution in [0, 0.1) is 22.0 Å². The molecule has 0 aromatic heterocycles. The van der Waals surface area contributed by atoms with E-state index in [1.807, 2.05) is 13.8 Å². The largest absolute Gasteiger partial charge is 0.459 e. The maximum Gasteiger partial charge on any atom is 0.309 e. The Kier molecular flexibility index (Phi) is 4.68. The Labute approximate surface area is 134 Å². The third-order valence-electron chi connectivity index (χ3n) is 3.88. The quantitative estimate of drug-likeness (QED) is 0.511. The number of hydrogen-bond donors (Lipinski definition) is 1. The first kappa shape index (κ1) is 16.9. The van der Waals surface area contributed by atoms with Crippen LogP contribution in [0.5, 0.6) is 0 Å². The summed E-state index contributed by atoms with van der Waals surface area (Å²) in [5, 5.41) is 13.3. The van der Waals surface area contributed by atoms with Crippen molar-refractivity contribution in [3.05, 3.63) is 34.4 Å². The van der Waals surface area contributed by atoms with E-state index in [9.17, 15) is 19.7 Å². The molecule has 7 heteroatoms. The highest BCUT2D eigenvalue weighted by Gasteiger charge is 2.41. The van der Waals surface area contributed by atoms with Crippen molar-refractivity contribution in [2.24, 2.45) is 11.8 Å². The number of carbonyl (C=O) groups is 2. The number of amides is 1. The number of hydrogen-bond acceptors (Lipinski definition) is 5. The standard InChI is InChI=1S/C16H20N2O5/c1-10(8-11-9-16(2,3)23-15(11)20)14(19)17-12-4-6-13(7-5-12)18(21)22/h4-7,10-11H,8-9H2,1-3H3,(H,17,19)/t10-,11+/m1/s1. The molecular weight excluding hydrogens is 300 g/mol. The van der Waals surface area contributed by atoms with E-state index in [0.29, 0.717) is 18.5 Å². The van der Waals surface area contributed by atoms with Crippen molar-refractivity contribution in [2.45, 2.75) is 39.2 Å². The average molecular weight is 320 g/mol. The van der Waals surface area contributed by atoms with Crippen LogP contribution in [0.2, 0.25) is 0 Å². The van der Waals surface area contributed by atoms with Crippen LogP contribution < -0.4 is 5.32 Å². The number of esters is 1. The Morgan fingerprint density at radius 2 is 2.04 bits per heavy atom. The average Bonchev–Trinajstić information content (AvgIpc) is 2.71. The molecule has 1 aliphatic heterocycles. The smallest absolute Gasteiger partial charge is 0.309 e. The van der Waals surface area contributed by atoms with Crippen LogP contribution in [-0.2, 0) is 14.3 Å². The normalized spacial score (nSPS) is 20.7. The lowest BCUT2D eigenvalue weighted by molar-refractivity contribution is -0.384. The van der Waals surface area contributed by atoms with Gasteiger partial charge in [0.15, 0.2) is 0 Å². The molecule has 1 aliphatic rings. The third-order valence-corrected chi connectivity index (χ3v) is 3.88. The van der Waals surface area contributed by atoms with Crippen LogP contribution in [-0.4, -0.2) is 22.4 Å². The zero-order valence-electron chi connectivity index (χ0n) is 13.4. The Bertz CT molecular complexity index is 624. The van der Waals surface area contributed by atoms with Crippen molar-refractivity contribution in [1.29, 1.82) is 0 Å². The third kappa shape index (κ3) is 4.28. The molecule has 1 fully saturated rings. The van der Waals surface area contributed by atoms with Gasteiger partial charge in [-0.15, -0.1) is 0 Å². The number of benzene rings is 1. The highest BCUT2D eigenvalue weighted by Crippen LogP contribution is 2.34. The summed E-state index contributed by atoms with van der Waals surface area (Å²) in [5.41, 5.74) is -0.0233. The monoisotopic (exact) mass is 320 g/mol. The van der Waals surface area contributed by atoms with Gasteiger partial charge in [-0.2, -0.15) is 0 Å². The first-order chi connectivity index (χ1) is 10.7. The molecule has 7 nitrogen and oxygen atoms in total.